The Morgan fingerprint density at radius 1 is 1.21 bits per heavy atom. The third-order valence-corrected chi connectivity index (χ3v) is 4.07. The van der Waals surface area contributed by atoms with Gasteiger partial charge in [0.05, 0.1) is 16.4 Å². The summed E-state index contributed by atoms with van der Waals surface area (Å²) in [7, 11) is 0. The van der Waals surface area contributed by atoms with Crippen LogP contribution in [0.2, 0.25) is 10.2 Å². The number of hydrogen-bond acceptors (Lipinski definition) is 5. The number of aryl methyl sites for hydroxylation is 1. The van der Waals surface area contributed by atoms with Gasteiger partial charge in [0.1, 0.15) is 0 Å². The van der Waals surface area contributed by atoms with Crippen LogP contribution in [0.3, 0.4) is 0 Å². The fourth-order valence-corrected chi connectivity index (χ4v) is 2.63. The number of Topliss-reactive ketones (excluding diaryl/α,β-unsaturated/α-hetero) is 1. The van der Waals surface area contributed by atoms with Gasteiger partial charge in [-0.25, -0.2) is 9.97 Å². The Balaban J connectivity index is 2.50. The molecule has 0 bridgehead atoms. The van der Waals surface area contributed by atoms with Crippen molar-refractivity contribution in [3.63, 3.8) is 0 Å². The van der Waals surface area contributed by atoms with E-state index >= 15 is 0 Å². The van der Waals surface area contributed by atoms with E-state index in [1.165, 1.54) is 0 Å². The van der Waals surface area contributed by atoms with Crippen molar-refractivity contribution in [3.05, 3.63) is 45.3 Å². The Bertz CT molecular complexity index is 809. The zero-order chi connectivity index (χ0) is 17.9. The van der Waals surface area contributed by atoms with Crippen LogP contribution in [0, 0.1) is 0 Å². The average Bonchev–Trinajstić information content (AvgIpc) is 2.56. The zero-order valence-corrected chi connectivity index (χ0v) is 14.7. The molecule has 0 spiro atoms. The van der Waals surface area contributed by atoms with Gasteiger partial charge in [0.2, 0.25) is 0 Å². The normalized spacial score (nSPS) is 10.5. The van der Waals surface area contributed by atoms with Crippen molar-refractivity contribution in [3.8, 4) is 0 Å². The molecular weight excluding hydrogens is 351 g/mol. The minimum atomic E-state index is -0.742. The predicted octanol–water partition coefficient (Wildman–Crippen LogP) is 3.78. The highest BCUT2D eigenvalue weighted by molar-refractivity contribution is 6.36. The molecule has 0 aliphatic carbocycles. The number of halogens is 2. The van der Waals surface area contributed by atoms with Crippen LogP contribution in [-0.4, -0.2) is 21.7 Å². The van der Waals surface area contributed by atoms with Crippen molar-refractivity contribution in [1.29, 1.82) is 0 Å². The topological polar surface area (TPSA) is 98.0 Å². The van der Waals surface area contributed by atoms with Crippen molar-refractivity contribution in [2.45, 2.75) is 26.7 Å². The van der Waals surface area contributed by atoms with Gasteiger partial charge in [-0.1, -0.05) is 43.1 Å². The molecule has 0 aliphatic rings. The molecule has 8 heteroatoms. The van der Waals surface area contributed by atoms with Crippen LogP contribution in [0.5, 0.6) is 0 Å². The van der Waals surface area contributed by atoms with E-state index in [-0.39, 0.29) is 27.5 Å². The summed E-state index contributed by atoms with van der Waals surface area (Å²) in [4.78, 5) is 31.9. The smallest absolute Gasteiger partial charge is 0.271 e. The first kappa shape index (κ1) is 18.2. The number of nitrogens with zero attached hydrogens (tertiary/aromatic N) is 2. The number of aromatic nitrogens is 2. The summed E-state index contributed by atoms with van der Waals surface area (Å²) in [5.74, 6) is -0.745. The van der Waals surface area contributed by atoms with E-state index in [0.29, 0.717) is 29.8 Å². The minimum Gasteiger partial charge on any atom is -0.364 e. The molecule has 0 atom stereocenters. The summed E-state index contributed by atoms with van der Waals surface area (Å²) < 4.78 is 0. The van der Waals surface area contributed by atoms with E-state index in [1.54, 1.807) is 25.1 Å². The van der Waals surface area contributed by atoms with E-state index < -0.39 is 5.91 Å². The maximum Gasteiger partial charge on any atom is 0.271 e. The van der Waals surface area contributed by atoms with Crippen molar-refractivity contribution < 1.29 is 9.59 Å². The second-order valence-corrected chi connectivity index (χ2v) is 5.68. The van der Waals surface area contributed by atoms with Gasteiger partial charge in [0.25, 0.3) is 5.91 Å². The zero-order valence-electron chi connectivity index (χ0n) is 13.2. The van der Waals surface area contributed by atoms with Crippen molar-refractivity contribution in [2.75, 3.05) is 5.32 Å². The van der Waals surface area contributed by atoms with Crippen LogP contribution < -0.4 is 11.1 Å². The molecule has 3 N–H and O–H groups in total. The molecule has 0 unspecified atom stereocenters. The molecule has 0 fully saturated rings. The molecule has 1 amide bonds. The number of hydrogen-bond donors (Lipinski definition) is 2. The summed E-state index contributed by atoms with van der Waals surface area (Å²) >= 11 is 12.3. The van der Waals surface area contributed by atoms with Gasteiger partial charge in [-0.3, -0.25) is 9.59 Å². The SMILES string of the molecule is CCC(=O)c1cccc(Nc2nc(Cl)c(CC)nc2C(N)=O)c1Cl. The van der Waals surface area contributed by atoms with Gasteiger partial charge < -0.3 is 11.1 Å². The lowest BCUT2D eigenvalue weighted by Gasteiger charge is -2.13. The average molecular weight is 367 g/mol. The maximum atomic E-state index is 11.9. The summed E-state index contributed by atoms with van der Waals surface area (Å²) in [6, 6.07) is 4.96. The highest BCUT2D eigenvalue weighted by Gasteiger charge is 2.18. The molecule has 24 heavy (non-hydrogen) atoms. The third kappa shape index (κ3) is 3.66. The standard InChI is InChI=1S/C16H16Cl2N4O2/c1-3-9-14(18)22-16(13(20-9)15(19)24)21-10-7-5-6-8(12(10)17)11(23)4-2/h5-7H,3-4H2,1-2H3,(H2,19,24)(H,21,22). The van der Waals surface area contributed by atoms with E-state index in [1.807, 2.05) is 6.92 Å². The Kier molecular flexibility index (Phi) is 5.75. The Morgan fingerprint density at radius 2 is 1.92 bits per heavy atom. The van der Waals surface area contributed by atoms with Crippen LogP contribution in [0.1, 0.15) is 46.8 Å². The number of ketones is 1. The van der Waals surface area contributed by atoms with E-state index in [2.05, 4.69) is 15.3 Å². The predicted molar refractivity (Wildman–Crippen MR) is 94.3 cm³/mol. The van der Waals surface area contributed by atoms with Gasteiger partial charge in [-0.05, 0) is 18.6 Å². The van der Waals surface area contributed by atoms with Crippen LogP contribution >= 0.6 is 23.2 Å². The van der Waals surface area contributed by atoms with Crippen LogP contribution in [-0.2, 0) is 6.42 Å². The van der Waals surface area contributed by atoms with E-state index in [4.69, 9.17) is 28.9 Å². The molecule has 1 aromatic heterocycles. The maximum absolute atomic E-state index is 11.9. The number of anilines is 2. The monoisotopic (exact) mass is 366 g/mol. The second-order valence-electron chi connectivity index (χ2n) is 4.94. The summed E-state index contributed by atoms with van der Waals surface area (Å²) in [5.41, 5.74) is 6.59. The fourth-order valence-electron chi connectivity index (χ4n) is 2.10. The Morgan fingerprint density at radius 3 is 2.50 bits per heavy atom. The van der Waals surface area contributed by atoms with Crippen LogP contribution in [0.25, 0.3) is 0 Å². The lowest BCUT2D eigenvalue weighted by molar-refractivity contribution is 0.0983. The van der Waals surface area contributed by atoms with Gasteiger partial charge in [-0.15, -0.1) is 0 Å². The number of nitrogens with one attached hydrogen (secondary N) is 1. The Hall–Kier alpha value is -2.18. The number of nitrogens with two attached hydrogens (primary N) is 1. The first-order valence-corrected chi connectivity index (χ1v) is 8.09. The molecule has 1 heterocycles. The van der Waals surface area contributed by atoms with Crippen molar-refractivity contribution >= 4 is 46.4 Å². The van der Waals surface area contributed by atoms with Gasteiger partial charge >= 0.3 is 0 Å². The first-order valence-electron chi connectivity index (χ1n) is 7.33. The quantitative estimate of drug-likeness (QED) is 0.757. The number of carbonyl (C=O) groups excluding carboxylic acids is 2. The molecular formula is C16H16Cl2N4O2. The largest absolute Gasteiger partial charge is 0.364 e. The summed E-state index contributed by atoms with van der Waals surface area (Å²) in [6.07, 6.45) is 0.834. The molecule has 0 saturated carbocycles. The molecule has 2 aromatic rings. The van der Waals surface area contributed by atoms with Crippen molar-refractivity contribution in [1.82, 2.24) is 9.97 Å². The van der Waals surface area contributed by atoms with Crippen LogP contribution in [0.15, 0.2) is 18.2 Å². The highest BCUT2D eigenvalue weighted by Crippen LogP contribution is 2.30. The molecule has 6 nitrogen and oxygen atoms in total. The molecule has 0 radical (unpaired) electrons. The minimum absolute atomic E-state index is 0.0421. The van der Waals surface area contributed by atoms with E-state index in [0.717, 1.165) is 0 Å². The number of amides is 1. The number of carbonyl (C=O) groups is 2. The lowest BCUT2D eigenvalue weighted by Crippen LogP contribution is -2.18. The molecule has 2 rings (SSSR count). The lowest BCUT2D eigenvalue weighted by atomic mass is 10.1. The molecule has 126 valence electrons. The number of benzene rings is 1. The van der Waals surface area contributed by atoms with Gasteiger partial charge in [0.15, 0.2) is 22.4 Å². The molecule has 0 aliphatic heterocycles. The van der Waals surface area contributed by atoms with Gasteiger partial charge in [0, 0.05) is 12.0 Å². The molecule has 0 saturated heterocycles. The summed E-state index contributed by atoms with van der Waals surface area (Å²) in [5, 5.41) is 3.29. The number of primary amides is 1. The summed E-state index contributed by atoms with van der Waals surface area (Å²) in [6.45, 7) is 3.59. The molecule has 1 aromatic carbocycles. The number of rotatable bonds is 6. The van der Waals surface area contributed by atoms with Crippen molar-refractivity contribution in [2.24, 2.45) is 5.73 Å². The van der Waals surface area contributed by atoms with Crippen LogP contribution in [0.4, 0.5) is 11.5 Å². The second kappa shape index (κ2) is 7.59. The first-order chi connectivity index (χ1) is 11.4. The highest BCUT2D eigenvalue weighted by atomic mass is 35.5. The van der Waals surface area contributed by atoms with Gasteiger partial charge in [-0.2, -0.15) is 0 Å². The van der Waals surface area contributed by atoms with E-state index in [9.17, 15) is 9.59 Å². The third-order valence-electron chi connectivity index (χ3n) is 3.36. The fraction of sp³-hybridized carbons (Fsp3) is 0.250. The Labute approximate surface area is 149 Å².